The van der Waals surface area contributed by atoms with Crippen LogP contribution >= 0.6 is 0 Å². The van der Waals surface area contributed by atoms with Gasteiger partial charge in [0.2, 0.25) is 0 Å². The number of para-hydroxylation sites is 1. The molecule has 0 bridgehead atoms. The van der Waals surface area contributed by atoms with Gasteiger partial charge in [-0.15, -0.1) is 0 Å². The quantitative estimate of drug-likeness (QED) is 0.346. The Labute approximate surface area is 190 Å². The monoisotopic (exact) mass is 414 g/mol. The molecule has 0 amide bonds. The predicted octanol–water partition coefficient (Wildman–Crippen LogP) is 2.10. The minimum absolute atomic E-state index is 0. The normalized spacial score (nSPS) is 11.1. The number of ether oxygens (including phenoxy) is 1. The predicted molar refractivity (Wildman–Crippen MR) is 104 cm³/mol. The van der Waals surface area contributed by atoms with E-state index in [1.54, 1.807) is 30.3 Å². The maximum Gasteiger partial charge on any atom is 1.00 e. The van der Waals surface area contributed by atoms with Crippen LogP contribution < -0.4 is 39.4 Å². The Morgan fingerprint density at radius 3 is 2.18 bits per heavy atom. The van der Waals surface area contributed by atoms with Gasteiger partial charge in [0, 0.05) is 6.07 Å². The maximum absolute atomic E-state index is 12.3. The van der Waals surface area contributed by atoms with Gasteiger partial charge < -0.3 is 9.84 Å². The van der Waals surface area contributed by atoms with Gasteiger partial charge in [0.15, 0.2) is 0 Å². The number of aryl methyl sites for hydroxylation is 1. The van der Waals surface area contributed by atoms with E-state index >= 15 is 0 Å². The summed E-state index contributed by atoms with van der Waals surface area (Å²) in [4.78, 5) is -0.251. The Morgan fingerprint density at radius 2 is 1.57 bits per heavy atom. The summed E-state index contributed by atoms with van der Waals surface area (Å²) in [6.07, 6.45) is 8.05. The summed E-state index contributed by atoms with van der Waals surface area (Å²) in [5.41, 5.74) is 0.344. The van der Waals surface area contributed by atoms with Crippen molar-refractivity contribution in [2.75, 3.05) is 0 Å². The van der Waals surface area contributed by atoms with Crippen molar-refractivity contribution in [1.82, 2.24) is 0 Å². The van der Waals surface area contributed by atoms with Gasteiger partial charge in [-0.05, 0) is 30.5 Å². The number of hydrogen-bond donors (Lipinski definition) is 1. The van der Waals surface area contributed by atoms with Crippen molar-refractivity contribution in [1.29, 1.82) is 0 Å². The number of hydrogen-bond acceptors (Lipinski definition) is 4. The molecule has 0 heterocycles. The second kappa shape index (κ2) is 12.5. The second-order valence-electron chi connectivity index (χ2n) is 6.67. The molecule has 0 atom stereocenters. The van der Waals surface area contributed by atoms with E-state index in [-0.39, 0.29) is 40.2 Å². The molecule has 0 radical (unpaired) electrons. The van der Waals surface area contributed by atoms with Crippen LogP contribution in [0.2, 0.25) is 0 Å². The Morgan fingerprint density at radius 1 is 0.964 bits per heavy atom. The summed E-state index contributed by atoms with van der Waals surface area (Å²) in [5, 5.41) is 12.3. The van der Waals surface area contributed by atoms with Crippen LogP contribution in [-0.4, -0.2) is 13.0 Å². The standard InChI is InChI=1S/C21H28O5S.Na/c1-2-3-4-5-6-7-9-12-17-15-19(22)20(16-21(17)27(23,24)25)26-18-13-10-8-11-14-18;/h8,10-11,13-16,22H,2-7,9,12H2,1H3,(H,23,24,25);/q;+1/p-1. The first-order chi connectivity index (χ1) is 12.9. The topological polar surface area (TPSA) is 86.7 Å². The van der Waals surface area contributed by atoms with Crippen LogP contribution in [0, 0.1) is 0 Å². The van der Waals surface area contributed by atoms with E-state index in [0.29, 0.717) is 17.7 Å². The maximum atomic E-state index is 12.3. The zero-order valence-electron chi connectivity index (χ0n) is 16.7. The third kappa shape index (κ3) is 8.13. The van der Waals surface area contributed by atoms with Gasteiger partial charge >= 0.3 is 29.6 Å². The van der Waals surface area contributed by atoms with Crippen LogP contribution in [0.1, 0.15) is 57.4 Å². The summed E-state index contributed by atoms with van der Waals surface area (Å²) < 4.78 is 38.6. The largest absolute Gasteiger partial charge is 1.00 e. The molecule has 7 heteroatoms. The van der Waals surface area contributed by atoms with Crippen molar-refractivity contribution in [3.63, 3.8) is 0 Å². The SMILES string of the molecule is CCCCCCCCCc1cc([O-])c(Oc2ccccc2)cc1S(=O)(=O)O.[Na+]. The molecule has 0 aromatic heterocycles. The van der Waals surface area contributed by atoms with Gasteiger partial charge in [0.1, 0.15) is 16.4 Å². The molecule has 2 aromatic carbocycles. The Kier molecular flexibility index (Phi) is 11.2. The van der Waals surface area contributed by atoms with E-state index in [2.05, 4.69) is 6.92 Å². The van der Waals surface area contributed by atoms with Gasteiger partial charge in [-0.2, -0.15) is 8.42 Å². The minimum Gasteiger partial charge on any atom is -0.870 e. The molecule has 0 fully saturated rings. The fourth-order valence-electron chi connectivity index (χ4n) is 2.99. The van der Waals surface area contributed by atoms with Crippen molar-refractivity contribution in [3.05, 3.63) is 48.0 Å². The fourth-order valence-corrected chi connectivity index (χ4v) is 3.74. The van der Waals surface area contributed by atoms with Crippen LogP contribution in [0.4, 0.5) is 0 Å². The molecule has 0 spiro atoms. The number of benzene rings is 2. The van der Waals surface area contributed by atoms with Crippen LogP contribution in [0.15, 0.2) is 47.4 Å². The Bertz CT molecular complexity index is 822. The molecular weight excluding hydrogens is 387 g/mol. The first kappa shape index (κ1) is 25.0. The van der Waals surface area contributed by atoms with Crippen molar-refractivity contribution in [2.24, 2.45) is 0 Å². The molecule has 0 aliphatic heterocycles. The summed E-state index contributed by atoms with van der Waals surface area (Å²) in [6.45, 7) is 2.17. The van der Waals surface area contributed by atoms with Crippen molar-refractivity contribution in [2.45, 2.75) is 63.2 Å². The average molecular weight is 414 g/mol. The van der Waals surface area contributed by atoms with Gasteiger partial charge in [-0.3, -0.25) is 4.55 Å². The zero-order chi connectivity index (χ0) is 19.7. The van der Waals surface area contributed by atoms with Crippen LogP contribution in [0.3, 0.4) is 0 Å². The van der Waals surface area contributed by atoms with Crippen molar-refractivity contribution < 1.29 is 52.4 Å². The molecule has 0 aliphatic carbocycles. The van der Waals surface area contributed by atoms with E-state index in [0.717, 1.165) is 31.7 Å². The first-order valence-corrected chi connectivity index (χ1v) is 10.9. The van der Waals surface area contributed by atoms with Crippen LogP contribution in [-0.2, 0) is 16.5 Å². The van der Waals surface area contributed by atoms with E-state index in [4.69, 9.17) is 4.74 Å². The molecular formula is C21H27NaO5S. The molecule has 2 aromatic rings. The van der Waals surface area contributed by atoms with E-state index in [9.17, 15) is 18.1 Å². The third-order valence-corrected chi connectivity index (χ3v) is 5.36. The van der Waals surface area contributed by atoms with Gasteiger partial charge in [0.05, 0.1) is 0 Å². The third-order valence-electron chi connectivity index (χ3n) is 4.43. The molecule has 0 unspecified atom stereocenters. The summed E-state index contributed by atoms with van der Waals surface area (Å²) >= 11 is 0. The molecule has 28 heavy (non-hydrogen) atoms. The van der Waals surface area contributed by atoms with Crippen molar-refractivity contribution in [3.8, 4) is 17.2 Å². The van der Waals surface area contributed by atoms with Crippen molar-refractivity contribution >= 4 is 10.1 Å². The summed E-state index contributed by atoms with van der Waals surface area (Å²) in [5.74, 6) is -0.0861. The molecule has 1 N–H and O–H groups in total. The number of rotatable bonds is 11. The molecule has 0 aliphatic rings. The van der Waals surface area contributed by atoms with Crippen LogP contribution in [0.5, 0.6) is 17.2 Å². The molecule has 0 saturated carbocycles. The van der Waals surface area contributed by atoms with E-state index < -0.39 is 15.9 Å². The smallest absolute Gasteiger partial charge is 0.870 e. The van der Waals surface area contributed by atoms with E-state index in [1.807, 2.05) is 0 Å². The van der Waals surface area contributed by atoms with Gasteiger partial charge in [-0.1, -0.05) is 75.5 Å². The Hall–Kier alpha value is -1.05. The minimum atomic E-state index is -4.44. The molecule has 148 valence electrons. The van der Waals surface area contributed by atoms with Gasteiger partial charge in [-0.25, -0.2) is 0 Å². The Balaban J connectivity index is 0.00000392. The molecule has 0 saturated heterocycles. The first-order valence-electron chi connectivity index (χ1n) is 9.46. The van der Waals surface area contributed by atoms with E-state index in [1.165, 1.54) is 25.3 Å². The molecule has 5 nitrogen and oxygen atoms in total. The van der Waals surface area contributed by atoms with Crippen LogP contribution in [0.25, 0.3) is 0 Å². The summed E-state index contributed by atoms with van der Waals surface area (Å²) in [7, 11) is -4.44. The average Bonchev–Trinajstić information content (AvgIpc) is 2.63. The zero-order valence-corrected chi connectivity index (χ0v) is 19.5. The molecule has 2 rings (SSSR count). The second-order valence-corrected chi connectivity index (χ2v) is 8.06. The fraction of sp³-hybridized carbons (Fsp3) is 0.429. The van der Waals surface area contributed by atoms with Gasteiger partial charge in [0.25, 0.3) is 10.1 Å². The summed E-state index contributed by atoms with van der Waals surface area (Å²) in [6, 6.07) is 11.0. The number of unbranched alkanes of at least 4 members (excludes halogenated alkanes) is 6.